The Hall–Kier alpha value is -2.22. The van der Waals surface area contributed by atoms with Crippen LogP contribution in [-0.4, -0.2) is 62.6 Å². The van der Waals surface area contributed by atoms with Gasteiger partial charge in [0.15, 0.2) is 0 Å². The van der Waals surface area contributed by atoms with Gasteiger partial charge in [0.05, 0.1) is 16.8 Å². The normalized spacial score (nSPS) is 26.6. The third-order valence-corrected chi connectivity index (χ3v) is 6.62. The first-order chi connectivity index (χ1) is 14.3. The van der Waals surface area contributed by atoms with E-state index >= 15 is 0 Å². The molecule has 2 aliphatic heterocycles. The van der Waals surface area contributed by atoms with Crippen molar-refractivity contribution in [2.24, 2.45) is 7.05 Å². The highest BCUT2D eigenvalue weighted by molar-refractivity contribution is 5.74. The molecule has 2 saturated heterocycles. The average Bonchev–Trinajstić information content (AvgIpc) is 3.08. The maximum Gasteiger partial charge on any atom is 0.217 e. The molecule has 0 unspecified atom stereocenters. The van der Waals surface area contributed by atoms with Crippen LogP contribution in [0.4, 0.5) is 0 Å². The summed E-state index contributed by atoms with van der Waals surface area (Å²) in [5.41, 5.74) is 2.11. The lowest BCUT2D eigenvalue weighted by molar-refractivity contribution is -0.208. The summed E-state index contributed by atoms with van der Waals surface area (Å²) in [5, 5.41) is 18.8. The maximum absolute atomic E-state index is 11.7. The number of hydrogen-bond acceptors (Lipinski definition) is 5. The van der Waals surface area contributed by atoms with E-state index in [0.29, 0.717) is 13.0 Å². The van der Waals surface area contributed by atoms with Crippen LogP contribution in [-0.2, 0) is 23.1 Å². The van der Waals surface area contributed by atoms with Crippen molar-refractivity contribution in [1.29, 1.82) is 0 Å². The maximum atomic E-state index is 11.7. The fraction of sp³-hybridized carbons (Fsp3) is 0.565. The molecule has 0 aliphatic carbocycles. The Balaban J connectivity index is 1.45. The number of nitrogens with zero attached hydrogens (tertiary/aromatic N) is 3. The van der Waals surface area contributed by atoms with E-state index in [1.807, 2.05) is 36.9 Å². The summed E-state index contributed by atoms with van der Waals surface area (Å²) in [6, 6.07) is 10.3. The minimum absolute atomic E-state index is 0.115. The average molecular weight is 413 g/mol. The van der Waals surface area contributed by atoms with Gasteiger partial charge in [0.25, 0.3) is 0 Å². The van der Waals surface area contributed by atoms with Gasteiger partial charge in [0.1, 0.15) is 6.10 Å². The summed E-state index contributed by atoms with van der Waals surface area (Å²) in [6.07, 6.45) is 3.47. The minimum atomic E-state index is -0.719. The number of aromatic nitrogens is 2. The molecule has 0 saturated carbocycles. The monoisotopic (exact) mass is 412 g/mol. The molecule has 7 heteroatoms. The number of likely N-dealkylation sites (tertiary alicyclic amines) is 1. The second-order valence-electron chi connectivity index (χ2n) is 8.98. The van der Waals surface area contributed by atoms with Gasteiger partial charge in [-0.2, -0.15) is 5.10 Å². The zero-order valence-corrected chi connectivity index (χ0v) is 18.1. The van der Waals surface area contributed by atoms with Gasteiger partial charge in [-0.1, -0.05) is 30.3 Å². The Kier molecular flexibility index (Phi) is 5.70. The van der Waals surface area contributed by atoms with Crippen LogP contribution in [0.25, 0.3) is 11.3 Å². The van der Waals surface area contributed by atoms with Gasteiger partial charge in [0, 0.05) is 57.5 Å². The van der Waals surface area contributed by atoms with Crippen molar-refractivity contribution in [3.8, 4) is 11.3 Å². The van der Waals surface area contributed by atoms with Crippen molar-refractivity contribution in [3.63, 3.8) is 0 Å². The van der Waals surface area contributed by atoms with Crippen LogP contribution in [0, 0.1) is 0 Å². The lowest BCUT2D eigenvalue weighted by Gasteiger charge is -2.53. The predicted octanol–water partition coefficient (Wildman–Crippen LogP) is 2.10. The van der Waals surface area contributed by atoms with Crippen LogP contribution in [0.3, 0.4) is 0 Å². The Labute approximate surface area is 178 Å². The second-order valence-corrected chi connectivity index (χ2v) is 8.98. The van der Waals surface area contributed by atoms with E-state index in [4.69, 9.17) is 4.74 Å². The van der Waals surface area contributed by atoms with E-state index in [9.17, 15) is 9.90 Å². The molecule has 2 aromatic rings. The van der Waals surface area contributed by atoms with Crippen LogP contribution in [0.2, 0.25) is 0 Å². The molecule has 2 aliphatic rings. The standard InChI is InChI=1S/C23H32N4O3/c1-17(28)24-22(2)11-14-30-23(21(22)29)9-12-27(13-10-23)16-19-15-26(3)25-20(19)18-7-5-4-6-8-18/h4-8,15,21,29H,9-14,16H2,1-3H3,(H,24,28)/t21-,22+/m0/s1. The smallest absolute Gasteiger partial charge is 0.217 e. The van der Waals surface area contributed by atoms with Crippen LogP contribution >= 0.6 is 0 Å². The minimum Gasteiger partial charge on any atom is -0.388 e. The number of amides is 1. The summed E-state index contributed by atoms with van der Waals surface area (Å²) in [6.45, 7) is 6.45. The fourth-order valence-electron chi connectivity index (χ4n) is 5.04. The molecule has 162 valence electrons. The summed E-state index contributed by atoms with van der Waals surface area (Å²) in [7, 11) is 1.95. The van der Waals surface area contributed by atoms with E-state index in [-0.39, 0.29) is 5.91 Å². The third-order valence-electron chi connectivity index (χ3n) is 6.62. The molecule has 2 atom stereocenters. The number of benzene rings is 1. The van der Waals surface area contributed by atoms with Crippen LogP contribution in [0.15, 0.2) is 36.5 Å². The first-order valence-electron chi connectivity index (χ1n) is 10.7. The number of nitrogens with one attached hydrogen (secondary N) is 1. The highest BCUT2D eigenvalue weighted by Crippen LogP contribution is 2.40. The Morgan fingerprint density at radius 1 is 1.27 bits per heavy atom. The number of aryl methyl sites for hydroxylation is 1. The number of aliphatic hydroxyl groups is 1. The van der Waals surface area contributed by atoms with Crippen LogP contribution in [0.1, 0.15) is 38.7 Å². The molecule has 1 aromatic heterocycles. The van der Waals surface area contributed by atoms with Gasteiger partial charge in [-0.05, 0) is 26.2 Å². The summed E-state index contributed by atoms with van der Waals surface area (Å²) in [5.74, 6) is -0.115. The van der Waals surface area contributed by atoms with Gasteiger partial charge >= 0.3 is 0 Å². The van der Waals surface area contributed by atoms with Crippen molar-refractivity contribution in [1.82, 2.24) is 20.0 Å². The molecular formula is C23H32N4O3. The first-order valence-corrected chi connectivity index (χ1v) is 10.7. The molecular weight excluding hydrogens is 380 g/mol. The fourth-order valence-corrected chi connectivity index (χ4v) is 5.04. The number of aliphatic hydroxyl groups excluding tert-OH is 1. The van der Waals surface area contributed by atoms with Gasteiger partial charge < -0.3 is 15.2 Å². The van der Waals surface area contributed by atoms with E-state index in [0.717, 1.165) is 43.7 Å². The summed E-state index contributed by atoms with van der Waals surface area (Å²) >= 11 is 0. The van der Waals surface area contributed by atoms with Gasteiger partial charge in [-0.3, -0.25) is 14.4 Å². The van der Waals surface area contributed by atoms with Gasteiger partial charge in [-0.25, -0.2) is 0 Å². The predicted molar refractivity (Wildman–Crippen MR) is 115 cm³/mol. The van der Waals surface area contributed by atoms with Gasteiger partial charge in [-0.15, -0.1) is 0 Å². The molecule has 4 rings (SSSR count). The topological polar surface area (TPSA) is 79.6 Å². The number of hydrogen-bond donors (Lipinski definition) is 2. The van der Waals surface area contributed by atoms with E-state index in [2.05, 4.69) is 33.6 Å². The first kappa shape index (κ1) is 21.0. The molecule has 7 nitrogen and oxygen atoms in total. The zero-order valence-electron chi connectivity index (χ0n) is 18.1. The molecule has 30 heavy (non-hydrogen) atoms. The van der Waals surface area contributed by atoms with Crippen molar-refractivity contribution < 1.29 is 14.6 Å². The van der Waals surface area contributed by atoms with Crippen molar-refractivity contribution in [3.05, 3.63) is 42.1 Å². The quantitative estimate of drug-likeness (QED) is 0.804. The van der Waals surface area contributed by atoms with Crippen LogP contribution in [0.5, 0.6) is 0 Å². The highest BCUT2D eigenvalue weighted by Gasteiger charge is 2.53. The number of carbonyl (C=O) groups excluding carboxylic acids is 1. The Bertz CT molecular complexity index is 889. The largest absolute Gasteiger partial charge is 0.388 e. The Morgan fingerprint density at radius 2 is 1.97 bits per heavy atom. The second kappa shape index (κ2) is 8.13. The number of carbonyl (C=O) groups is 1. The summed E-state index contributed by atoms with van der Waals surface area (Å²) in [4.78, 5) is 14.1. The van der Waals surface area contributed by atoms with Crippen molar-refractivity contribution in [2.45, 2.75) is 56.9 Å². The van der Waals surface area contributed by atoms with E-state index in [1.165, 1.54) is 12.5 Å². The SMILES string of the molecule is CC(=O)N[C@]1(C)CCOC2(CCN(Cc3cn(C)nc3-c3ccccc3)CC2)[C@H]1O. The number of ether oxygens (including phenoxy) is 1. The zero-order chi connectivity index (χ0) is 21.4. The molecule has 0 radical (unpaired) electrons. The number of piperidine rings is 1. The van der Waals surface area contributed by atoms with Crippen LogP contribution < -0.4 is 5.32 Å². The third kappa shape index (κ3) is 4.02. The molecule has 1 aromatic carbocycles. The van der Waals surface area contributed by atoms with E-state index in [1.54, 1.807) is 0 Å². The molecule has 2 fully saturated rings. The molecule has 1 spiro atoms. The van der Waals surface area contributed by atoms with Crippen molar-refractivity contribution >= 4 is 5.91 Å². The highest BCUT2D eigenvalue weighted by atomic mass is 16.5. The molecule has 0 bridgehead atoms. The lowest BCUT2D eigenvalue weighted by Crippen LogP contribution is -2.69. The molecule has 2 N–H and O–H groups in total. The number of rotatable bonds is 4. The Morgan fingerprint density at radius 3 is 2.63 bits per heavy atom. The molecule has 1 amide bonds. The molecule has 3 heterocycles. The van der Waals surface area contributed by atoms with Crippen molar-refractivity contribution in [2.75, 3.05) is 19.7 Å². The van der Waals surface area contributed by atoms with E-state index < -0.39 is 17.2 Å². The summed E-state index contributed by atoms with van der Waals surface area (Å²) < 4.78 is 8.02. The van der Waals surface area contributed by atoms with Gasteiger partial charge in [0.2, 0.25) is 5.91 Å². The lowest BCUT2D eigenvalue weighted by atomic mass is 9.73.